The normalized spacial score (nSPS) is 10.9. The van der Waals surface area contributed by atoms with Crippen LogP contribution in [0.15, 0.2) is 0 Å². The standard InChI is InChI=1S/C10H20NO4/c1-9(12)14-7-5-11(3,4)6-8-15-10(2)13/h5-8H2,1-4H3/q+1. The molecule has 0 aliphatic heterocycles. The number of quaternary nitrogens is 1. The quantitative estimate of drug-likeness (QED) is 0.472. The zero-order chi connectivity index (χ0) is 11.9. The van der Waals surface area contributed by atoms with Gasteiger partial charge in [0.1, 0.15) is 26.3 Å². The van der Waals surface area contributed by atoms with Crippen LogP contribution in [0.1, 0.15) is 13.8 Å². The molecule has 0 bridgehead atoms. The second kappa shape index (κ2) is 6.40. The highest BCUT2D eigenvalue weighted by molar-refractivity contribution is 5.66. The summed E-state index contributed by atoms with van der Waals surface area (Å²) >= 11 is 0. The molecule has 0 spiro atoms. The van der Waals surface area contributed by atoms with Gasteiger partial charge in [0.2, 0.25) is 0 Å². The van der Waals surface area contributed by atoms with Crippen molar-refractivity contribution in [1.82, 2.24) is 0 Å². The fraction of sp³-hybridized carbons (Fsp3) is 0.800. The van der Waals surface area contributed by atoms with Gasteiger partial charge in [-0.15, -0.1) is 0 Å². The van der Waals surface area contributed by atoms with Crippen molar-refractivity contribution in [2.24, 2.45) is 0 Å². The Kier molecular flexibility index (Phi) is 5.93. The van der Waals surface area contributed by atoms with Crippen molar-refractivity contribution >= 4 is 11.9 Å². The lowest BCUT2D eigenvalue weighted by Crippen LogP contribution is -2.45. The summed E-state index contributed by atoms with van der Waals surface area (Å²) in [5, 5.41) is 0. The highest BCUT2D eigenvalue weighted by Crippen LogP contribution is 1.97. The third-order valence-corrected chi connectivity index (χ3v) is 2.00. The Balaban J connectivity index is 3.66. The van der Waals surface area contributed by atoms with E-state index in [0.29, 0.717) is 30.8 Å². The second-order valence-corrected chi connectivity index (χ2v) is 4.06. The maximum Gasteiger partial charge on any atom is 0.302 e. The maximum absolute atomic E-state index is 10.5. The number of ether oxygens (including phenoxy) is 2. The predicted molar refractivity (Wildman–Crippen MR) is 55.1 cm³/mol. The van der Waals surface area contributed by atoms with Crippen LogP contribution in [0.3, 0.4) is 0 Å². The zero-order valence-electron chi connectivity index (χ0n) is 9.91. The van der Waals surface area contributed by atoms with Crippen LogP contribution >= 0.6 is 0 Å². The van der Waals surface area contributed by atoms with Crippen LogP contribution in [-0.4, -0.2) is 56.8 Å². The molecular formula is C10H20NO4+. The van der Waals surface area contributed by atoms with Crippen LogP contribution in [0.5, 0.6) is 0 Å². The van der Waals surface area contributed by atoms with E-state index in [1.54, 1.807) is 0 Å². The van der Waals surface area contributed by atoms with Crippen molar-refractivity contribution < 1.29 is 23.5 Å². The van der Waals surface area contributed by atoms with Crippen molar-refractivity contribution in [3.63, 3.8) is 0 Å². The van der Waals surface area contributed by atoms with Gasteiger partial charge in [-0.3, -0.25) is 9.59 Å². The SMILES string of the molecule is CC(=O)OCC[N+](C)(C)CCOC(C)=O. The summed E-state index contributed by atoms with van der Waals surface area (Å²) in [6, 6.07) is 0. The molecule has 15 heavy (non-hydrogen) atoms. The fourth-order valence-corrected chi connectivity index (χ4v) is 0.985. The lowest BCUT2D eigenvalue weighted by molar-refractivity contribution is -0.890. The first-order chi connectivity index (χ1) is 6.83. The van der Waals surface area contributed by atoms with Crippen LogP contribution in [0.2, 0.25) is 0 Å². The van der Waals surface area contributed by atoms with Crippen molar-refractivity contribution in [1.29, 1.82) is 0 Å². The summed E-state index contributed by atoms with van der Waals surface area (Å²) in [5.41, 5.74) is 0. The van der Waals surface area contributed by atoms with E-state index < -0.39 is 0 Å². The monoisotopic (exact) mass is 218 g/mol. The number of carbonyl (C=O) groups is 2. The summed E-state index contributed by atoms with van der Waals surface area (Å²) in [7, 11) is 3.99. The van der Waals surface area contributed by atoms with E-state index in [1.807, 2.05) is 14.1 Å². The molecule has 5 nitrogen and oxygen atoms in total. The molecule has 5 heteroatoms. The van der Waals surface area contributed by atoms with Gasteiger partial charge in [-0.2, -0.15) is 0 Å². The summed E-state index contributed by atoms with van der Waals surface area (Å²) in [6.07, 6.45) is 0. The van der Waals surface area contributed by atoms with Gasteiger partial charge in [-0.1, -0.05) is 0 Å². The first-order valence-electron chi connectivity index (χ1n) is 4.92. The number of rotatable bonds is 6. The molecule has 0 aromatic carbocycles. The molecule has 0 saturated heterocycles. The number of hydrogen-bond acceptors (Lipinski definition) is 4. The number of nitrogens with zero attached hydrogens (tertiary/aromatic N) is 1. The third-order valence-electron chi connectivity index (χ3n) is 2.00. The summed E-state index contributed by atoms with van der Waals surface area (Å²) < 4.78 is 10.3. The van der Waals surface area contributed by atoms with E-state index in [0.717, 1.165) is 0 Å². The minimum atomic E-state index is -0.269. The Bertz CT molecular complexity index is 203. The van der Waals surface area contributed by atoms with Gasteiger partial charge in [0.05, 0.1) is 14.1 Å². The number of carbonyl (C=O) groups excluding carboxylic acids is 2. The summed E-state index contributed by atoms with van der Waals surface area (Å²) in [5.74, 6) is -0.537. The molecule has 0 aromatic heterocycles. The average molecular weight is 218 g/mol. The van der Waals surface area contributed by atoms with E-state index in [9.17, 15) is 9.59 Å². The Morgan fingerprint density at radius 1 is 0.933 bits per heavy atom. The summed E-state index contributed by atoms with van der Waals surface area (Å²) in [6.45, 7) is 4.98. The van der Waals surface area contributed by atoms with Crippen molar-refractivity contribution in [3.8, 4) is 0 Å². The minimum Gasteiger partial charge on any atom is -0.460 e. The van der Waals surface area contributed by atoms with Gasteiger partial charge in [-0.25, -0.2) is 0 Å². The summed E-state index contributed by atoms with van der Waals surface area (Å²) in [4.78, 5) is 21.1. The molecule has 0 fully saturated rings. The molecule has 88 valence electrons. The molecular weight excluding hydrogens is 198 g/mol. The van der Waals surface area contributed by atoms with Crippen LogP contribution in [-0.2, 0) is 19.1 Å². The molecule has 0 heterocycles. The Morgan fingerprint density at radius 3 is 1.53 bits per heavy atom. The van der Waals surface area contributed by atoms with Gasteiger partial charge < -0.3 is 14.0 Å². The van der Waals surface area contributed by atoms with E-state index in [2.05, 4.69) is 0 Å². The Morgan fingerprint density at radius 2 is 1.27 bits per heavy atom. The lowest BCUT2D eigenvalue weighted by Gasteiger charge is -2.28. The molecule has 0 radical (unpaired) electrons. The van der Waals surface area contributed by atoms with E-state index in [-0.39, 0.29) is 11.9 Å². The zero-order valence-corrected chi connectivity index (χ0v) is 9.91. The Labute approximate surface area is 90.5 Å². The molecule has 0 unspecified atom stereocenters. The van der Waals surface area contributed by atoms with Crippen molar-refractivity contribution in [2.45, 2.75) is 13.8 Å². The molecule has 0 aliphatic carbocycles. The van der Waals surface area contributed by atoms with Gasteiger partial charge in [0, 0.05) is 13.8 Å². The van der Waals surface area contributed by atoms with Gasteiger partial charge in [0.15, 0.2) is 0 Å². The molecule has 0 amide bonds. The largest absolute Gasteiger partial charge is 0.460 e. The molecule has 0 aromatic rings. The van der Waals surface area contributed by atoms with E-state index >= 15 is 0 Å². The number of esters is 2. The number of hydrogen-bond donors (Lipinski definition) is 0. The van der Waals surface area contributed by atoms with Crippen molar-refractivity contribution in [2.75, 3.05) is 40.4 Å². The highest BCUT2D eigenvalue weighted by atomic mass is 16.5. The van der Waals surface area contributed by atoms with Gasteiger partial charge in [-0.05, 0) is 0 Å². The minimum absolute atomic E-state index is 0.269. The number of likely N-dealkylation sites (N-methyl/N-ethyl adjacent to an activating group) is 1. The first-order valence-corrected chi connectivity index (χ1v) is 4.92. The predicted octanol–water partition coefficient (Wildman–Crippen LogP) is 0.189. The molecule has 0 N–H and O–H groups in total. The van der Waals surface area contributed by atoms with Crippen molar-refractivity contribution in [3.05, 3.63) is 0 Å². The topological polar surface area (TPSA) is 52.6 Å². The molecule has 0 atom stereocenters. The van der Waals surface area contributed by atoms with Crippen LogP contribution in [0.4, 0.5) is 0 Å². The highest BCUT2D eigenvalue weighted by Gasteiger charge is 2.15. The lowest BCUT2D eigenvalue weighted by atomic mass is 10.4. The molecule has 0 aliphatic rings. The van der Waals surface area contributed by atoms with Gasteiger partial charge in [0.25, 0.3) is 0 Å². The second-order valence-electron chi connectivity index (χ2n) is 4.06. The van der Waals surface area contributed by atoms with Gasteiger partial charge >= 0.3 is 11.9 Å². The van der Waals surface area contributed by atoms with Crippen LogP contribution in [0.25, 0.3) is 0 Å². The smallest absolute Gasteiger partial charge is 0.302 e. The van der Waals surface area contributed by atoms with Crippen LogP contribution in [0, 0.1) is 0 Å². The third kappa shape index (κ3) is 9.21. The molecule has 0 rings (SSSR count). The maximum atomic E-state index is 10.5. The first kappa shape index (κ1) is 13.9. The molecule has 0 saturated carbocycles. The average Bonchev–Trinajstić information content (AvgIpc) is 2.01. The van der Waals surface area contributed by atoms with E-state index in [4.69, 9.17) is 9.47 Å². The van der Waals surface area contributed by atoms with E-state index in [1.165, 1.54) is 13.8 Å². The Hall–Kier alpha value is -1.10. The van der Waals surface area contributed by atoms with Crippen LogP contribution < -0.4 is 0 Å². The fourth-order valence-electron chi connectivity index (χ4n) is 0.985.